The quantitative estimate of drug-likeness (QED) is 0.492. The van der Waals surface area contributed by atoms with Gasteiger partial charge in [0.25, 0.3) is 5.69 Å². The number of rotatable bonds is 4. The van der Waals surface area contributed by atoms with Crippen molar-refractivity contribution in [3.05, 3.63) is 39.9 Å². The molecular formula is C12H14N2O4. The van der Waals surface area contributed by atoms with E-state index in [1.54, 1.807) is 0 Å². The van der Waals surface area contributed by atoms with Gasteiger partial charge in [-0.15, -0.1) is 0 Å². The summed E-state index contributed by atoms with van der Waals surface area (Å²) in [5.41, 5.74) is 0.485. The molecule has 1 atom stereocenters. The fourth-order valence-electron chi connectivity index (χ4n) is 1.86. The standard InChI is InChI=1S/C12H14N2O4/c15-12(7-10-8-18-6-5-13-10)9-1-3-11(4-2-9)14(16)17/h1-4,10,13H,5-8H2. The van der Waals surface area contributed by atoms with Crippen molar-refractivity contribution in [2.24, 2.45) is 0 Å². The molecule has 0 radical (unpaired) electrons. The summed E-state index contributed by atoms with van der Waals surface area (Å²) in [7, 11) is 0. The molecule has 6 heteroatoms. The highest BCUT2D eigenvalue weighted by Crippen LogP contribution is 2.14. The van der Waals surface area contributed by atoms with E-state index in [4.69, 9.17) is 4.74 Å². The van der Waals surface area contributed by atoms with E-state index < -0.39 is 4.92 Å². The molecule has 2 rings (SSSR count). The van der Waals surface area contributed by atoms with Gasteiger partial charge in [0, 0.05) is 36.7 Å². The second kappa shape index (κ2) is 5.70. The lowest BCUT2D eigenvalue weighted by atomic mass is 10.0. The van der Waals surface area contributed by atoms with Gasteiger partial charge in [0.15, 0.2) is 5.78 Å². The van der Waals surface area contributed by atoms with Crippen molar-refractivity contribution in [3.63, 3.8) is 0 Å². The number of nitro groups is 1. The van der Waals surface area contributed by atoms with E-state index in [1.165, 1.54) is 24.3 Å². The van der Waals surface area contributed by atoms with E-state index in [0.717, 1.165) is 6.54 Å². The summed E-state index contributed by atoms with van der Waals surface area (Å²) >= 11 is 0. The molecule has 1 heterocycles. The van der Waals surface area contributed by atoms with E-state index in [-0.39, 0.29) is 17.5 Å². The monoisotopic (exact) mass is 250 g/mol. The van der Waals surface area contributed by atoms with E-state index in [2.05, 4.69) is 5.32 Å². The summed E-state index contributed by atoms with van der Waals surface area (Å²) < 4.78 is 5.27. The predicted octanol–water partition coefficient (Wildman–Crippen LogP) is 1.16. The largest absolute Gasteiger partial charge is 0.378 e. The fraction of sp³-hybridized carbons (Fsp3) is 0.417. The number of carbonyl (C=O) groups is 1. The number of nitrogens with one attached hydrogen (secondary N) is 1. The molecule has 1 aromatic carbocycles. The van der Waals surface area contributed by atoms with Gasteiger partial charge >= 0.3 is 0 Å². The highest BCUT2D eigenvalue weighted by atomic mass is 16.6. The molecule has 0 bridgehead atoms. The van der Waals surface area contributed by atoms with Crippen LogP contribution in [-0.2, 0) is 4.74 Å². The van der Waals surface area contributed by atoms with Crippen LogP contribution in [0.4, 0.5) is 5.69 Å². The molecule has 1 aromatic rings. The van der Waals surface area contributed by atoms with Crippen LogP contribution in [0.15, 0.2) is 24.3 Å². The van der Waals surface area contributed by atoms with Crippen LogP contribution in [0.2, 0.25) is 0 Å². The van der Waals surface area contributed by atoms with E-state index in [0.29, 0.717) is 25.2 Å². The van der Waals surface area contributed by atoms with Gasteiger partial charge in [0.05, 0.1) is 18.1 Å². The highest BCUT2D eigenvalue weighted by Gasteiger charge is 2.18. The topological polar surface area (TPSA) is 81.5 Å². The average Bonchev–Trinajstić information content (AvgIpc) is 2.40. The molecular weight excluding hydrogens is 236 g/mol. The van der Waals surface area contributed by atoms with Crippen molar-refractivity contribution < 1.29 is 14.5 Å². The first kappa shape index (κ1) is 12.7. The Morgan fingerprint density at radius 1 is 1.44 bits per heavy atom. The minimum atomic E-state index is -0.481. The number of hydrogen-bond donors (Lipinski definition) is 1. The van der Waals surface area contributed by atoms with Crippen molar-refractivity contribution in [1.82, 2.24) is 5.32 Å². The minimum absolute atomic E-state index is 0.00863. The van der Waals surface area contributed by atoms with Crippen LogP contribution in [0.25, 0.3) is 0 Å². The maximum absolute atomic E-state index is 11.9. The Labute approximate surface area is 104 Å². The van der Waals surface area contributed by atoms with Crippen LogP contribution >= 0.6 is 0 Å². The SMILES string of the molecule is O=C(CC1COCCN1)c1ccc([N+](=O)[O-])cc1. The fourth-order valence-corrected chi connectivity index (χ4v) is 1.86. The molecule has 0 spiro atoms. The molecule has 1 unspecified atom stereocenters. The number of morpholine rings is 1. The molecule has 0 saturated carbocycles. The number of hydrogen-bond acceptors (Lipinski definition) is 5. The third-order valence-electron chi connectivity index (χ3n) is 2.83. The van der Waals surface area contributed by atoms with Crippen LogP contribution in [0.1, 0.15) is 16.8 Å². The molecule has 0 aliphatic carbocycles. The smallest absolute Gasteiger partial charge is 0.269 e. The summed E-state index contributed by atoms with van der Waals surface area (Å²) in [5, 5.41) is 13.7. The average molecular weight is 250 g/mol. The Morgan fingerprint density at radius 2 is 2.17 bits per heavy atom. The maximum atomic E-state index is 11.9. The lowest BCUT2D eigenvalue weighted by Gasteiger charge is -2.23. The van der Waals surface area contributed by atoms with Gasteiger partial charge in [-0.05, 0) is 12.1 Å². The summed E-state index contributed by atoms with van der Waals surface area (Å²) in [6, 6.07) is 5.70. The Hall–Kier alpha value is -1.79. The van der Waals surface area contributed by atoms with Crippen molar-refractivity contribution in [1.29, 1.82) is 0 Å². The summed E-state index contributed by atoms with van der Waals surface area (Å²) in [6.07, 6.45) is 0.345. The summed E-state index contributed by atoms with van der Waals surface area (Å²) in [6.45, 7) is 1.94. The van der Waals surface area contributed by atoms with Crippen molar-refractivity contribution in [3.8, 4) is 0 Å². The third kappa shape index (κ3) is 3.12. The van der Waals surface area contributed by atoms with Crippen LogP contribution in [-0.4, -0.2) is 36.5 Å². The number of Topliss-reactive ketones (excluding diaryl/α,β-unsaturated/α-hetero) is 1. The number of ketones is 1. The maximum Gasteiger partial charge on any atom is 0.269 e. The zero-order valence-electron chi connectivity index (χ0n) is 9.80. The van der Waals surface area contributed by atoms with Crippen LogP contribution < -0.4 is 5.32 Å². The molecule has 1 aliphatic rings. The third-order valence-corrected chi connectivity index (χ3v) is 2.83. The van der Waals surface area contributed by atoms with Gasteiger partial charge in [-0.1, -0.05) is 0 Å². The van der Waals surface area contributed by atoms with Gasteiger partial charge in [-0.25, -0.2) is 0 Å². The van der Waals surface area contributed by atoms with Gasteiger partial charge < -0.3 is 10.1 Å². The molecule has 1 saturated heterocycles. The molecule has 1 aliphatic heterocycles. The van der Waals surface area contributed by atoms with Crippen molar-refractivity contribution in [2.75, 3.05) is 19.8 Å². The van der Waals surface area contributed by atoms with E-state index in [1.807, 2.05) is 0 Å². The number of ether oxygens (including phenoxy) is 1. The molecule has 1 N–H and O–H groups in total. The van der Waals surface area contributed by atoms with Gasteiger partial charge in [-0.2, -0.15) is 0 Å². The van der Waals surface area contributed by atoms with Crippen LogP contribution in [0.5, 0.6) is 0 Å². The van der Waals surface area contributed by atoms with Gasteiger partial charge in [0.1, 0.15) is 0 Å². The second-order valence-corrected chi connectivity index (χ2v) is 4.16. The number of nitrogens with zero attached hydrogens (tertiary/aromatic N) is 1. The zero-order valence-corrected chi connectivity index (χ0v) is 9.80. The number of benzene rings is 1. The first-order chi connectivity index (χ1) is 8.66. The van der Waals surface area contributed by atoms with E-state index in [9.17, 15) is 14.9 Å². The molecule has 0 amide bonds. The predicted molar refractivity (Wildman–Crippen MR) is 64.7 cm³/mol. The van der Waals surface area contributed by atoms with Gasteiger partial charge in [-0.3, -0.25) is 14.9 Å². The molecule has 6 nitrogen and oxygen atoms in total. The molecule has 18 heavy (non-hydrogen) atoms. The summed E-state index contributed by atoms with van der Waals surface area (Å²) in [4.78, 5) is 21.9. The first-order valence-electron chi connectivity index (χ1n) is 5.75. The molecule has 1 fully saturated rings. The number of non-ortho nitro benzene ring substituents is 1. The normalized spacial score (nSPS) is 19.4. The van der Waals surface area contributed by atoms with Crippen LogP contribution in [0.3, 0.4) is 0 Å². The van der Waals surface area contributed by atoms with Crippen molar-refractivity contribution in [2.45, 2.75) is 12.5 Å². The van der Waals surface area contributed by atoms with Gasteiger partial charge in [0.2, 0.25) is 0 Å². The molecule has 96 valence electrons. The number of carbonyl (C=O) groups excluding carboxylic acids is 1. The Bertz CT molecular complexity index is 438. The first-order valence-corrected chi connectivity index (χ1v) is 5.75. The highest BCUT2D eigenvalue weighted by molar-refractivity contribution is 5.96. The Balaban J connectivity index is 1.97. The second-order valence-electron chi connectivity index (χ2n) is 4.16. The zero-order chi connectivity index (χ0) is 13.0. The Kier molecular flexibility index (Phi) is 4.01. The van der Waals surface area contributed by atoms with Crippen molar-refractivity contribution >= 4 is 11.5 Å². The number of nitro benzene ring substituents is 1. The molecule has 0 aromatic heterocycles. The van der Waals surface area contributed by atoms with Crippen LogP contribution in [0, 0.1) is 10.1 Å². The lowest BCUT2D eigenvalue weighted by molar-refractivity contribution is -0.384. The van der Waals surface area contributed by atoms with E-state index >= 15 is 0 Å². The Morgan fingerprint density at radius 3 is 2.72 bits per heavy atom. The summed E-state index contributed by atoms with van der Waals surface area (Å²) in [5.74, 6) is -0.0344. The lowest BCUT2D eigenvalue weighted by Crippen LogP contribution is -2.42. The minimum Gasteiger partial charge on any atom is -0.378 e.